The van der Waals surface area contributed by atoms with Crippen LogP contribution in [0.1, 0.15) is 13.8 Å². The second-order valence-electron chi connectivity index (χ2n) is 7.24. The van der Waals surface area contributed by atoms with Crippen LogP contribution in [0.3, 0.4) is 0 Å². The summed E-state index contributed by atoms with van der Waals surface area (Å²) in [7, 11) is 1.70. The second kappa shape index (κ2) is 7.77. The maximum atomic E-state index is 5.31. The van der Waals surface area contributed by atoms with E-state index in [-0.39, 0.29) is 0 Å². The standard InChI is InChI=1S/C26H25NO/c1-19(2)27(22-14-16-24(28-3)17-15-22)23-11-6-10-21(18-23)26-13-7-9-20-8-4-5-12-25(20)26/h4-19H,1-3H3. The fourth-order valence-electron chi connectivity index (χ4n) is 3.79. The first-order valence-electron chi connectivity index (χ1n) is 9.69. The molecule has 28 heavy (non-hydrogen) atoms. The summed E-state index contributed by atoms with van der Waals surface area (Å²) in [4.78, 5) is 2.36. The highest BCUT2D eigenvalue weighted by atomic mass is 16.5. The molecule has 0 radical (unpaired) electrons. The molecule has 0 aliphatic heterocycles. The molecule has 2 nitrogen and oxygen atoms in total. The molecule has 0 unspecified atom stereocenters. The van der Waals surface area contributed by atoms with Crippen molar-refractivity contribution < 1.29 is 4.74 Å². The lowest BCUT2D eigenvalue weighted by molar-refractivity contribution is 0.415. The van der Waals surface area contributed by atoms with E-state index in [4.69, 9.17) is 4.74 Å². The van der Waals surface area contributed by atoms with Crippen molar-refractivity contribution in [1.29, 1.82) is 0 Å². The van der Waals surface area contributed by atoms with Gasteiger partial charge in [-0.25, -0.2) is 0 Å². The van der Waals surface area contributed by atoms with Crippen LogP contribution < -0.4 is 9.64 Å². The number of anilines is 2. The average molecular weight is 367 g/mol. The highest BCUT2D eigenvalue weighted by molar-refractivity contribution is 5.97. The molecular weight excluding hydrogens is 342 g/mol. The normalized spacial score (nSPS) is 11.0. The summed E-state index contributed by atoms with van der Waals surface area (Å²) in [5.74, 6) is 0.872. The van der Waals surface area contributed by atoms with Crippen molar-refractivity contribution >= 4 is 22.1 Å². The van der Waals surface area contributed by atoms with Crippen LogP contribution >= 0.6 is 0 Å². The van der Waals surface area contributed by atoms with E-state index in [1.54, 1.807) is 7.11 Å². The number of hydrogen-bond donors (Lipinski definition) is 0. The van der Waals surface area contributed by atoms with Gasteiger partial charge in [0.15, 0.2) is 0 Å². The van der Waals surface area contributed by atoms with Crippen LogP contribution in [0, 0.1) is 0 Å². The van der Waals surface area contributed by atoms with Crippen molar-refractivity contribution in [2.75, 3.05) is 12.0 Å². The van der Waals surface area contributed by atoms with Crippen LogP contribution in [0.5, 0.6) is 5.75 Å². The number of benzene rings is 4. The van der Waals surface area contributed by atoms with Gasteiger partial charge in [-0.3, -0.25) is 0 Å². The monoisotopic (exact) mass is 367 g/mol. The lowest BCUT2D eigenvalue weighted by Gasteiger charge is -2.30. The maximum Gasteiger partial charge on any atom is 0.119 e. The Bertz CT molecular complexity index is 1080. The molecule has 0 spiro atoms. The van der Waals surface area contributed by atoms with Crippen LogP contribution in [0.25, 0.3) is 21.9 Å². The van der Waals surface area contributed by atoms with Crippen molar-refractivity contribution in [3.63, 3.8) is 0 Å². The van der Waals surface area contributed by atoms with E-state index in [9.17, 15) is 0 Å². The first-order valence-corrected chi connectivity index (χ1v) is 9.69. The van der Waals surface area contributed by atoms with Crippen molar-refractivity contribution in [3.05, 3.63) is 91.0 Å². The zero-order valence-corrected chi connectivity index (χ0v) is 16.6. The minimum atomic E-state index is 0.330. The van der Waals surface area contributed by atoms with E-state index in [0.717, 1.165) is 11.4 Å². The van der Waals surface area contributed by atoms with Gasteiger partial charge in [-0.1, -0.05) is 54.6 Å². The van der Waals surface area contributed by atoms with E-state index in [1.807, 2.05) is 12.1 Å². The minimum absolute atomic E-state index is 0.330. The van der Waals surface area contributed by atoms with Crippen molar-refractivity contribution in [2.24, 2.45) is 0 Å². The molecule has 0 aliphatic carbocycles. The molecular formula is C26H25NO. The van der Waals surface area contributed by atoms with Gasteiger partial charge in [-0.05, 0) is 72.1 Å². The lowest BCUT2D eigenvalue weighted by Crippen LogP contribution is -2.25. The molecule has 4 rings (SSSR count). The van der Waals surface area contributed by atoms with E-state index < -0.39 is 0 Å². The number of ether oxygens (including phenoxy) is 1. The number of hydrogen-bond acceptors (Lipinski definition) is 2. The first kappa shape index (κ1) is 18.1. The summed E-state index contributed by atoms with van der Waals surface area (Å²) in [5, 5.41) is 2.55. The van der Waals surface area contributed by atoms with Crippen LogP contribution in [-0.2, 0) is 0 Å². The summed E-state index contributed by atoms with van der Waals surface area (Å²) in [6, 6.07) is 32.4. The molecule has 4 aromatic carbocycles. The Labute approximate surface area is 167 Å². The van der Waals surface area contributed by atoms with Crippen molar-refractivity contribution in [2.45, 2.75) is 19.9 Å². The van der Waals surface area contributed by atoms with Crippen LogP contribution in [0.2, 0.25) is 0 Å². The zero-order valence-electron chi connectivity index (χ0n) is 16.6. The largest absolute Gasteiger partial charge is 0.497 e. The number of nitrogens with zero attached hydrogens (tertiary/aromatic N) is 1. The zero-order chi connectivity index (χ0) is 19.5. The molecule has 0 aromatic heterocycles. The Morgan fingerprint density at radius 3 is 2.18 bits per heavy atom. The molecule has 0 saturated heterocycles. The Morgan fingerprint density at radius 2 is 1.43 bits per heavy atom. The molecule has 0 amide bonds. The Balaban J connectivity index is 1.79. The third kappa shape index (κ3) is 3.46. The van der Waals surface area contributed by atoms with Crippen molar-refractivity contribution in [3.8, 4) is 16.9 Å². The fraction of sp³-hybridized carbons (Fsp3) is 0.154. The van der Waals surface area contributed by atoms with Gasteiger partial charge in [0.05, 0.1) is 7.11 Å². The third-order valence-electron chi connectivity index (χ3n) is 5.09. The predicted molar refractivity (Wildman–Crippen MR) is 120 cm³/mol. The van der Waals surface area contributed by atoms with E-state index >= 15 is 0 Å². The average Bonchev–Trinajstić information content (AvgIpc) is 2.74. The smallest absolute Gasteiger partial charge is 0.119 e. The summed E-state index contributed by atoms with van der Waals surface area (Å²) in [5.41, 5.74) is 4.84. The van der Waals surface area contributed by atoms with E-state index in [0.29, 0.717) is 6.04 Å². The Hall–Kier alpha value is -3.26. The van der Waals surface area contributed by atoms with Gasteiger partial charge in [0, 0.05) is 17.4 Å². The van der Waals surface area contributed by atoms with Crippen LogP contribution in [-0.4, -0.2) is 13.2 Å². The van der Waals surface area contributed by atoms with Gasteiger partial charge in [-0.15, -0.1) is 0 Å². The third-order valence-corrected chi connectivity index (χ3v) is 5.09. The quantitative estimate of drug-likeness (QED) is 0.374. The summed E-state index contributed by atoms with van der Waals surface area (Å²) >= 11 is 0. The van der Waals surface area contributed by atoms with Gasteiger partial charge < -0.3 is 9.64 Å². The first-order chi connectivity index (χ1) is 13.7. The SMILES string of the molecule is COc1ccc(N(c2cccc(-c3cccc4ccccc34)c2)C(C)C)cc1. The number of methoxy groups -OCH3 is 1. The van der Waals surface area contributed by atoms with Crippen LogP contribution in [0.15, 0.2) is 91.0 Å². The van der Waals surface area contributed by atoms with Gasteiger partial charge >= 0.3 is 0 Å². The highest BCUT2D eigenvalue weighted by Gasteiger charge is 2.14. The molecule has 0 bridgehead atoms. The molecule has 0 saturated carbocycles. The predicted octanol–water partition coefficient (Wildman–Crippen LogP) is 7.06. The van der Waals surface area contributed by atoms with Crippen molar-refractivity contribution in [1.82, 2.24) is 0 Å². The summed E-state index contributed by atoms with van der Waals surface area (Å²) in [6.07, 6.45) is 0. The summed E-state index contributed by atoms with van der Waals surface area (Å²) in [6.45, 7) is 4.43. The maximum absolute atomic E-state index is 5.31. The Morgan fingerprint density at radius 1 is 0.714 bits per heavy atom. The molecule has 4 aromatic rings. The van der Waals surface area contributed by atoms with Gasteiger partial charge in [0.25, 0.3) is 0 Å². The van der Waals surface area contributed by atoms with E-state index in [1.165, 1.54) is 27.6 Å². The summed E-state index contributed by atoms with van der Waals surface area (Å²) < 4.78 is 5.31. The molecule has 140 valence electrons. The van der Waals surface area contributed by atoms with Gasteiger partial charge in [0.2, 0.25) is 0 Å². The number of fused-ring (bicyclic) bond motifs is 1. The second-order valence-corrected chi connectivity index (χ2v) is 7.24. The van der Waals surface area contributed by atoms with Crippen LogP contribution in [0.4, 0.5) is 11.4 Å². The Kier molecular flexibility index (Phi) is 5.03. The van der Waals surface area contributed by atoms with Gasteiger partial charge in [0.1, 0.15) is 5.75 Å². The highest BCUT2D eigenvalue weighted by Crippen LogP contribution is 2.34. The van der Waals surface area contributed by atoms with Gasteiger partial charge in [-0.2, -0.15) is 0 Å². The molecule has 0 fully saturated rings. The van der Waals surface area contributed by atoms with E-state index in [2.05, 4.69) is 97.6 Å². The topological polar surface area (TPSA) is 12.5 Å². The molecule has 0 heterocycles. The number of rotatable bonds is 5. The fourth-order valence-corrected chi connectivity index (χ4v) is 3.79. The molecule has 0 N–H and O–H groups in total. The molecule has 0 aliphatic rings. The molecule has 0 atom stereocenters. The minimum Gasteiger partial charge on any atom is -0.497 e. The lowest BCUT2D eigenvalue weighted by atomic mass is 9.97. The molecule has 2 heteroatoms.